The number of carbonyl (C=O) groups is 1. The first-order valence-electron chi connectivity index (χ1n) is 9.50. The Balaban J connectivity index is 1.83. The largest absolute Gasteiger partial charge is 0.444 e. The molecule has 0 bridgehead atoms. The van der Waals surface area contributed by atoms with Crippen LogP contribution in [0, 0.1) is 5.92 Å². The maximum atomic E-state index is 12.3. The summed E-state index contributed by atoms with van der Waals surface area (Å²) in [4.78, 5) is 14.1. The van der Waals surface area contributed by atoms with Gasteiger partial charge in [0.1, 0.15) is 5.60 Å². The molecule has 148 valence electrons. The third-order valence-electron chi connectivity index (χ3n) is 4.68. The van der Waals surface area contributed by atoms with Crippen LogP contribution in [-0.4, -0.2) is 59.2 Å². The fraction of sp³-hybridized carbons (Fsp3) is 0.789. The number of nitrogens with one attached hydrogen (secondary N) is 1. The number of aromatic nitrogens is 2. The molecule has 0 unspecified atom stereocenters. The number of hydrogen-bond donors (Lipinski definition) is 1. The molecule has 0 radical (unpaired) electrons. The highest BCUT2D eigenvalue weighted by atomic mass is 16.6. The van der Waals surface area contributed by atoms with E-state index < -0.39 is 5.60 Å². The summed E-state index contributed by atoms with van der Waals surface area (Å²) in [6.45, 7) is 11.7. The Hall–Kier alpha value is -1.60. The van der Waals surface area contributed by atoms with Gasteiger partial charge in [0, 0.05) is 44.5 Å². The SMILES string of the molecule is COCCn1cc(CN[C@H]2CCN(C(=O)OC(C)(C)C)CC[C@H]2C)cn1. The average molecular weight is 367 g/mol. The Bertz CT molecular complexity index is 567. The molecular weight excluding hydrogens is 332 g/mol. The third-order valence-corrected chi connectivity index (χ3v) is 4.68. The zero-order valence-electron chi connectivity index (χ0n) is 16.8. The van der Waals surface area contributed by atoms with Crippen LogP contribution in [0.2, 0.25) is 0 Å². The summed E-state index contributed by atoms with van der Waals surface area (Å²) in [5.41, 5.74) is 0.719. The van der Waals surface area contributed by atoms with Crippen molar-refractivity contribution in [3.8, 4) is 0 Å². The van der Waals surface area contributed by atoms with Crippen LogP contribution >= 0.6 is 0 Å². The van der Waals surface area contributed by atoms with Gasteiger partial charge >= 0.3 is 6.09 Å². The maximum absolute atomic E-state index is 12.3. The Morgan fingerprint density at radius 2 is 2.08 bits per heavy atom. The number of hydrogen-bond acceptors (Lipinski definition) is 5. The van der Waals surface area contributed by atoms with Gasteiger partial charge in [-0.25, -0.2) is 4.79 Å². The molecule has 1 aromatic heterocycles. The molecule has 1 N–H and O–H groups in total. The molecule has 1 amide bonds. The highest BCUT2D eigenvalue weighted by Gasteiger charge is 2.28. The summed E-state index contributed by atoms with van der Waals surface area (Å²) in [7, 11) is 1.69. The monoisotopic (exact) mass is 366 g/mol. The van der Waals surface area contributed by atoms with Gasteiger partial charge in [0.2, 0.25) is 0 Å². The molecular formula is C19H34N4O3. The van der Waals surface area contributed by atoms with E-state index in [-0.39, 0.29) is 6.09 Å². The van der Waals surface area contributed by atoms with Gasteiger partial charge in [-0.15, -0.1) is 0 Å². The first-order valence-corrected chi connectivity index (χ1v) is 9.50. The van der Waals surface area contributed by atoms with Gasteiger partial charge in [0.05, 0.1) is 19.3 Å². The van der Waals surface area contributed by atoms with Crippen molar-refractivity contribution in [1.29, 1.82) is 0 Å². The Morgan fingerprint density at radius 1 is 1.35 bits per heavy atom. The second kappa shape index (κ2) is 9.37. The number of rotatable bonds is 6. The lowest BCUT2D eigenvalue weighted by atomic mass is 9.97. The summed E-state index contributed by atoms with van der Waals surface area (Å²) < 4.78 is 12.5. The molecule has 2 heterocycles. The van der Waals surface area contributed by atoms with Crippen LogP contribution in [0.4, 0.5) is 4.79 Å². The van der Waals surface area contributed by atoms with Crippen molar-refractivity contribution in [2.24, 2.45) is 5.92 Å². The topological polar surface area (TPSA) is 68.6 Å². The van der Waals surface area contributed by atoms with Gasteiger partial charge in [-0.1, -0.05) is 6.92 Å². The van der Waals surface area contributed by atoms with Crippen LogP contribution in [0.25, 0.3) is 0 Å². The van der Waals surface area contributed by atoms with Crippen molar-refractivity contribution >= 4 is 6.09 Å². The normalized spacial score (nSPS) is 21.5. The zero-order valence-corrected chi connectivity index (χ0v) is 16.8. The van der Waals surface area contributed by atoms with Crippen molar-refractivity contribution in [2.45, 2.75) is 65.3 Å². The number of ether oxygens (including phenoxy) is 2. The van der Waals surface area contributed by atoms with E-state index in [1.54, 1.807) is 7.11 Å². The minimum atomic E-state index is -0.449. The minimum absolute atomic E-state index is 0.204. The van der Waals surface area contributed by atoms with E-state index in [1.807, 2.05) is 36.5 Å². The Labute approximate surface area is 157 Å². The first kappa shape index (κ1) is 20.7. The molecule has 1 aliphatic heterocycles. The molecule has 0 spiro atoms. The van der Waals surface area contributed by atoms with Crippen LogP contribution in [0.15, 0.2) is 12.4 Å². The second-order valence-corrected chi connectivity index (χ2v) is 8.11. The van der Waals surface area contributed by atoms with Gasteiger partial charge in [-0.2, -0.15) is 5.10 Å². The van der Waals surface area contributed by atoms with E-state index in [2.05, 4.69) is 23.5 Å². The molecule has 1 fully saturated rings. The summed E-state index contributed by atoms with van der Waals surface area (Å²) in [5, 5.41) is 7.99. The molecule has 2 atom stereocenters. The molecule has 0 aromatic carbocycles. The molecule has 1 saturated heterocycles. The van der Waals surface area contributed by atoms with Crippen LogP contribution in [0.3, 0.4) is 0 Å². The number of likely N-dealkylation sites (tertiary alicyclic amines) is 1. The van der Waals surface area contributed by atoms with E-state index in [0.717, 1.165) is 39.0 Å². The molecule has 0 aliphatic carbocycles. The average Bonchev–Trinajstić information content (AvgIpc) is 2.92. The van der Waals surface area contributed by atoms with Crippen LogP contribution in [0.1, 0.15) is 46.1 Å². The van der Waals surface area contributed by atoms with Crippen molar-refractivity contribution in [1.82, 2.24) is 20.0 Å². The second-order valence-electron chi connectivity index (χ2n) is 8.11. The molecule has 1 aliphatic rings. The predicted octanol–water partition coefficient (Wildman–Crippen LogP) is 2.65. The lowest BCUT2D eigenvalue weighted by molar-refractivity contribution is 0.0255. The molecule has 7 nitrogen and oxygen atoms in total. The van der Waals surface area contributed by atoms with Crippen LogP contribution < -0.4 is 5.32 Å². The summed E-state index contributed by atoms with van der Waals surface area (Å²) >= 11 is 0. The fourth-order valence-corrected chi connectivity index (χ4v) is 3.12. The number of nitrogens with zero attached hydrogens (tertiary/aromatic N) is 3. The first-order chi connectivity index (χ1) is 12.3. The summed E-state index contributed by atoms with van der Waals surface area (Å²) in [6, 6.07) is 0.379. The molecule has 26 heavy (non-hydrogen) atoms. The fourth-order valence-electron chi connectivity index (χ4n) is 3.12. The van der Waals surface area contributed by atoms with E-state index in [9.17, 15) is 4.79 Å². The van der Waals surface area contributed by atoms with Crippen molar-refractivity contribution < 1.29 is 14.3 Å². The van der Waals surface area contributed by atoms with Crippen molar-refractivity contribution in [3.63, 3.8) is 0 Å². The highest BCUT2D eigenvalue weighted by Crippen LogP contribution is 2.20. The zero-order chi connectivity index (χ0) is 19.2. The standard InChI is InChI=1S/C19H34N4O3/c1-15-6-8-22(18(24)26-19(2,3)4)9-7-17(15)20-12-16-13-21-23(14-16)10-11-25-5/h13-15,17,20H,6-12H2,1-5H3/t15-,17+/m1/s1. The van der Waals surface area contributed by atoms with Gasteiger partial charge < -0.3 is 19.7 Å². The smallest absolute Gasteiger partial charge is 0.410 e. The molecule has 7 heteroatoms. The van der Waals surface area contributed by atoms with E-state index in [4.69, 9.17) is 9.47 Å². The summed E-state index contributed by atoms with van der Waals surface area (Å²) in [5.74, 6) is 0.506. The quantitative estimate of drug-likeness (QED) is 0.838. The van der Waals surface area contributed by atoms with E-state index in [0.29, 0.717) is 18.6 Å². The predicted molar refractivity (Wildman–Crippen MR) is 101 cm³/mol. The van der Waals surface area contributed by atoms with Crippen LogP contribution in [-0.2, 0) is 22.6 Å². The van der Waals surface area contributed by atoms with Crippen LogP contribution in [0.5, 0.6) is 0 Å². The van der Waals surface area contributed by atoms with Gasteiger partial charge in [-0.05, 0) is 39.5 Å². The number of amides is 1. The number of carbonyl (C=O) groups excluding carboxylic acids is 1. The van der Waals surface area contributed by atoms with Crippen molar-refractivity contribution in [2.75, 3.05) is 26.8 Å². The Kier molecular flexibility index (Phi) is 7.46. The molecule has 1 aromatic rings. The van der Waals surface area contributed by atoms with Gasteiger partial charge in [0.25, 0.3) is 0 Å². The Morgan fingerprint density at radius 3 is 2.77 bits per heavy atom. The minimum Gasteiger partial charge on any atom is -0.444 e. The van der Waals surface area contributed by atoms with Gasteiger partial charge in [-0.3, -0.25) is 4.68 Å². The van der Waals surface area contributed by atoms with E-state index in [1.165, 1.54) is 5.56 Å². The number of methoxy groups -OCH3 is 1. The lowest BCUT2D eigenvalue weighted by Crippen LogP contribution is -2.38. The van der Waals surface area contributed by atoms with E-state index >= 15 is 0 Å². The summed E-state index contributed by atoms with van der Waals surface area (Å²) in [6.07, 6.45) is 5.66. The third kappa shape index (κ3) is 6.61. The molecule has 0 saturated carbocycles. The lowest BCUT2D eigenvalue weighted by Gasteiger charge is -2.26. The van der Waals surface area contributed by atoms with Gasteiger partial charge in [0.15, 0.2) is 0 Å². The van der Waals surface area contributed by atoms with Crippen molar-refractivity contribution in [3.05, 3.63) is 18.0 Å². The highest BCUT2D eigenvalue weighted by molar-refractivity contribution is 5.68. The maximum Gasteiger partial charge on any atom is 0.410 e. The molecule has 2 rings (SSSR count).